The highest BCUT2D eigenvalue weighted by atomic mass is 16.5. The van der Waals surface area contributed by atoms with Crippen LogP contribution >= 0.6 is 0 Å². The summed E-state index contributed by atoms with van der Waals surface area (Å²) in [4.78, 5) is 3.88. The van der Waals surface area contributed by atoms with Gasteiger partial charge in [-0.2, -0.15) is 4.98 Å². The molecular weight excluding hydrogens is 170 g/mol. The molecule has 0 saturated heterocycles. The molecule has 5 heteroatoms. The molecule has 74 valence electrons. The highest BCUT2D eigenvalue weighted by Gasteiger charge is 1.98. The molecule has 1 aromatic heterocycles. The van der Waals surface area contributed by atoms with Gasteiger partial charge >= 0.3 is 0 Å². The Bertz CT molecular complexity index is 211. The molecule has 1 atom stereocenters. The van der Waals surface area contributed by atoms with E-state index >= 15 is 0 Å². The van der Waals surface area contributed by atoms with Gasteiger partial charge in [-0.25, -0.2) is 0 Å². The smallest absolute Gasteiger partial charge is 0.213 e. The first-order chi connectivity index (χ1) is 6.29. The Morgan fingerprint density at radius 3 is 3.08 bits per heavy atom. The van der Waals surface area contributed by atoms with Crippen molar-refractivity contribution in [1.29, 1.82) is 0 Å². The molecule has 0 fully saturated rings. The predicted molar refractivity (Wildman–Crippen MR) is 47.2 cm³/mol. The minimum absolute atomic E-state index is 0.238. The quantitative estimate of drug-likeness (QED) is 0.609. The first kappa shape index (κ1) is 10.1. The van der Waals surface area contributed by atoms with Gasteiger partial charge in [0.25, 0.3) is 0 Å². The summed E-state index contributed by atoms with van der Waals surface area (Å²) in [6.45, 7) is 3.41. The predicted octanol–water partition coefficient (Wildman–Crippen LogP) is -0.0274. The molecule has 0 bridgehead atoms. The second kappa shape index (κ2) is 5.66. The first-order valence-corrected chi connectivity index (χ1v) is 4.43. The van der Waals surface area contributed by atoms with Crippen LogP contribution in [0.2, 0.25) is 0 Å². The Kier molecular flexibility index (Phi) is 4.42. The van der Waals surface area contributed by atoms with Crippen LogP contribution in [0, 0.1) is 0 Å². The number of aliphatic hydroxyl groups excluding tert-OH is 1. The van der Waals surface area contributed by atoms with E-state index in [1.54, 1.807) is 6.92 Å². The van der Waals surface area contributed by atoms with Crippen LogP contribution in [0.1, 0.15) is 19.2 Å². The Morgan fingerprint density at radius 1 is 1.62 bits per heavy atom. The molecule has 1 heterocycles. The molecule has 1 unspecified atom stereocenters. The fourth-order valence-electron chi connectivity index (χ4n) is 0.939. The first-order valence-electron chi connectivity index (χ1n) is 4.43. The van der Waals surface area contributed by atoms with Gasteiger partial charge in [0.1, 0.15) is 0 Å². The molecule has 13 heavy (non-hydrogen) atoms. The third-order valence-electron chi connectivity index (χ3n) is 1.67. The summed E-state index contributed by atoms with van der Waals surface area (Å²) < 4.78 is 4.58. The van der Waals surface area contributed by atoms with Crippen LogP contribution < -0.4 is 5.32 Å². The Balaban J connectivity index is 1.96. The molecule has 0 saturated carbocycles. The zero-order chi connectivity index (χ0) is 9.52. The average molecular weight is 185 g/mol. The lowest BCUT2D eigenvalue weighted by atomic mass is 10.3. The second-order valence-corrected chi connectivity index (χ2v) is 2.99. The number of hydrogen-bond acceptors (Lipinski definition) is 5. The summed E-state index contributed by atoms with van der Waals surface area (Å²) in [6.07, 6.45) is 2.62. The van der Waals surface area contributed by atoms with E-state index < -0.39 is 0 Å². The fraction of sp³-hybridized carbons (Fsp3) is 0.750. The van der Waals surface area contributed by atoms with Crippen molar-refractivity contribution >= 4 is 0 Å². The molecule has 0 amide bonds. The van der Waals surface area contributed by atoms with Crippen LogP contribution in [0.4, 0.5) is 0 Å². The van der Waals surface area contributed by atoms with Gasteiger partial charge in [-0.15, -0.1) is 0 Å². The van der Waals surface area contributed by atoms with Gasteiger partial charge in [-0.3, -0.25) is 0 Å². The van der Waals surface area contributed by atoms with Crippen molar-refractivity contribution in [2.24, 2.45) is 0 Å². The normalized spacial score (nSPS) is 13.1. The zero-order valence-corrected chi connectivity index (χ0v) is 7.73. The van der Waals surface area contributed by atoms with E-state index in [4.69, 9.17) is 5.11 Å². The van der Waals surface area contributed by atoms with Gasteiger partial charge < -0.3 is 14.9 Å². The van der Waals surface area contributed by atoms with Crippen molar-refractivity contribution in [2.75, 3.05) is 13.1 Å². The third-order valence-corrected chi connectivity index (χ3v) is 1.67. The molecule has 0 aromatic carbocycles. The van der Waals surface area contributed by atoms with E-state index in [1.807, 2.05) is 0 Å². The Morgan fingerprint density at radius 2 is 2.46 bits per heavy atom. The number of nitrogens with zero attached hydrogens (tertiary/aromatic N) is 2. The molecule has 2 N–H and O–H groups in total. The number of aromatic nitrogens is 2. The minimum atomic E-state index is -0.238. The van der Waals surface area contributed by atoms with Crippen LogP contribution in [-0.4, -0.2) is 34.4 Å². The zero-order valence-electron chi connectivity index (χ0n) is 7.73. The van der Waals surface area contributed by atoms with Crippen LogP contribution in [0.25, 0.3) is 0 Å². The maximum atomic E-state index is 8.96. The van der Waals surface area contributed by atoms with Crippen LogP contribution in [0.5, 0.6) is 0 Å². The molecule has 5 nitrogen and oxygen atoms in total. The summed E-state index contributed by atoms with van der Waals surface area (Å²) in [5.74, 6) is 0.713. The highest BCUT2D eigenvalue weighted by molar-refractivity contribution is 4.78. The van der Waals surface area contributed by atoms with E-state index in [1.165, 1.54) is 6.39 Å². The molecule has 0 aliphatic carbocycles. The monoisotopic (exact) mass is 185 g/mol. The van der Waals surface area contributed by atoms with Crippen molar-refractivity contribution in [1.82, 2.24) is 15.5 Å². The van der Waals surface area contributed by atoms with Crippen molar-refractivity contribution in [2.45, 2.75) is 25.9 Å². The molecule has 0 aliphatic rings. The van der Waals surface area contributed by atoms with E-state index in [-0.39, 0.29) is 6.10 Å². The standard InChI is InChI=1S/C8H15N3O2/c1-7(12)2-4-9-5-3-8-10-6-13-11-8/h6-7,9,12H,2-5H2,1H3. The summed E-state index contributed by atoms with van der Waals surface area (Å²) >= 11 is 0. The lowest BCUT2D eigenvalue weighted by Crippen LogP contribution is -2.21. The molecule has 1 aromatic rings. The minimum Gasteiger partial charge on any atom is -0.393 e. The maximum absolute atomic E-state index is 8.96. The van der Waals surface area contributed by atoms with Gasteiger partial charge in [0.05, 0.1) is 6.10 Å². The van der Waals surface area contributed by atoms with Gasteiger partial charge in [0.2, 0.25) is 6.39 Å². The Labute approximate surface area is 77.2 Å². The lowest BCUT2D eigenvalue weighted by molar-refractivity contribution is 0.184. The van der Waals surface area contributed by atoms with E-state index in [2.05, 4.69) is 20.0 Å². The van der Waals surface area contributed by atoms with E-state index in [9.17, 15) is 0 Å². The second-order valence-electron chi connectivity index (χ2n) is 2.99. The lowest BCUT2D eigenvalue weighted by Gasteiger charge is -2.04. The largest absolute Gasteiger partial charge is 0.393 e. The third kappa shape index (κ3) is 4.59. The SMILES string of the molecule is CC(O)CCNCCc1ncon1. The molecule has 0 radical (unpaired) electrons. The van der Waals surface area contributed by atoms with E-state index in [0.29, 0.717) is 5.82 Å². The number of hydrogen-bond donors (Lipinski definition) is 2. The van der Waals surface area contributed by atoms with Gasteiger partial charge in [0, 0.05) is 13.0 Å². The Hall–Kier alpha value is -0.940. The summed E-state index contributed by atoms with van der Waals surface area (Å²) in [5.41, 5.74) is 0. The highest BCUT2D eigenvalue weighted by Crippen LogP contribution is 1.89. The maximum Gasteiger partial charge on any atom is 0.213 e. The van der Waals surface area contributed by atoms with Crippen molar-refractivity contribution < 1.29 is 9.63 Å². The fourth-order valence-corrected chi connectivity index (χ4v) is 0.939. The van der Waals surface area contributed by atoms with Gasteiger partial charge in [-0.1, -0.05) is 5.16 Å². The van der Waals surface area contributed by atoms with Crippen molar-refractivity contribution in [3.8, 4) is 0 Å². The van der Waals surface area contributed by atoms with Crippen LogP contribution in [0.15, 0.2) is 10.9 Å². The molecular formula is C8H15N3O2. The van der Waals surface area contributed by atoms with Crippen LogP contribution in [0.3, 0.4) is 0 Å². The molecule has 0 spiro atoms. The average Bonchev–Trinajstić information content (AvgIpc) is 2.55. The number of rotatable bonds is 6. The van der Waals surface area contributed by atoms with E-state index in [0.717, 1.165) is 25.9 Å². The van der Waals surface area contributed by atoms with Crippen molar-refractivity contribution in [3.63, 3.8) is 0 Å². The van der Waals surface area contributed by atoms with Crippen molar-refractivity contribution in [3.05, 3.63) is 12.2 Å². The molecule has 1 rings (SSSR count). The van der Waals surface area contributed by atoms with Crippen LogP contribution in [-0.2, 0) is 6.42 Å². The summed E-state index contributed by atoms with van der Waals surface area (Å²) in [7, 11) is 0. The topological polar surface area (TPSA) is 71.2 Å². The summed E-state index contributed by atoms with van der Waals surface area (Å²) in [6, 6.07) is 0. The summed E-state index contributed by atoms with van der Waals surface area (Å²) in [5, 5.41) is 15.8. The van der Waals surface area contributed by atoms with Gasteiger partial charge in [0.15, 0.2) is 5.82 Å². The number of aliphatic hydroxyl groups is 1. The molecule has 0 aliphatic heterocycles. The van der Waals surface area contributed by atoms with Gasteiger partial charge in [-0.05, 0) is 19.9 Å². The number of nitrogens with one attached hydrogen (secondary N) is 1.